The lowest BCUT2D eigenvalue weighted by Crippen LogP contribution is -1.94. The third-order valence-corrected chi connectivity index (χ3v) is 2.33. The van der Waals surface area contributed by atoms with E-state index in [0.717, 1.165) is 4.47 Å². The lowest BCUT2D eigenvalue weighted by Gasteiger charge is -2.07. The van der Waals surface area contributed by atoms with Crippen LogP contribution in [0.5, 0.6) is 5.75 Å². The third-order valence-electron chi connectivity index (χ3n) is 1.67. The second-order valence-electron chi connectivity index (χ2n) is 2.52. The highest BCUT2D eigenvalue weighted by Crippen LogP contribution is 2.29. The molecule has 1 rings (SSSR count). The molecule has 0 bridgehead atoms. The Morgan fingerprint density at radius 3 is 2.77 bits per heavy atom. The van der Waals surface area contributed by atoms with Gasteiger partial charge in [0.15, 0.2) is 6.17 Å². The molecule has 1 nitrogen and oxygen atoms in total. The first-order valence-corrected chi connectivity index (χ1v) is 4.51. The number of hydrogen-bond donors (Lipinski definition) is 0. The average molecular weight is 251 g/mol. The number of methoxy groups -OCH3 is 1. The minimum absolute atomic E-state index is 0.294. The summed E-state index contributed by atoms with van der Waals surface area (Å²) in [4.78, 5) is 0. The first-order valence-electron chi connectivity index (χ1n) is 3.72. The number of ether oxygens (including phenoxy) is 1. The maximum Gasteiger partial charge on any atom is 0.153 e. The van der Waals surface area contributed by atoms with Gasteiger partial charge in [0, 0.05) is 0 Å². The van der Waals surface area contributed by atoms with Crippen molar-refractivity contribution in [1.29, 1.82) is 0 Å². The van der Waals surface area contributed by atoms with Crippen LogP contribution in [0.3, 0.4) is 0 Å². The van der Waals surface area contributed by atoms with E-state index < -0.39 is 12.8 Å². The number of benzene rings is 1. The molecule has 72 valence electrons. The second kappa shape index (κ2) is 4.56. The Bertz CT molecular complexity index is 291. The van der Waals surface area contributed by atoms with Gasteiger partial charge in [0.1, 0.15) is 12.4 Å². The van der Waals surface area contributed by atoms with Crippen molar-refractivity contribution in [3.63, 3.8) is 0 Å². The van der Waals surface area contributed by atoms with E-state index in [2.05, 4.69) is 15.9 Å². The molecule has 1 atom stereocenters. The predicted octanol–water partition coefficient (Wildman–Crippen LogP) is 3.44. The van der Waals surface area contributed by atoms with E-state index in [1.165, 1.54) is 19.2 Å². The molecule has 0 aliphatic rings. The van der Waals surface area contributed by atoms with Gasteiger partial charge in [0.25, 0.3) is 0 Å². The van der Waals surface area contributed by atoms with Crippen molar-refractivity contribution in [2.45, 2.75) is 6.17 Å². The molecule has 0 aliphatic carbocycles. The van der Waals surface area contributed by atoms with Gasteiger partial charge in [-0.2, -0.15) is 0 Å². The van der Waals surface area contributed by atoms with Crippen LogP contribution < -0.4 is 4.74 Å². The minimum Gasteiger partial charge on any atom is -0.496 e. The van der Waals surface area contributed by atoms with E-state index in [1.807, 2.05) is 0 Å². The third kappa shape index (κ3) is 2.40. The van der Waals surface area contributed by atoms with Crippen molar-refractivity contribution in [3.05, 3.63) is 28.2 Å². The van der Waals surface area contributed by atoms with Crippen LogP contribution in [0.4, 0.5) is 8.78 Å². The van der Waals surface area contributed by atoms with Crippen LogP contribution in [0.2, 0.25) is 0 Å². The molecule has 0 aromatic heterocycles. The van der Waals surface area contributed by atoms with Crippen LogP contribution >= 0.6 is 15.9 Å². The van der Waals surface area contributed by atoms with E-state index in [-0.39, 0.29) is 0 Å². The molecular formula is C9H9BrF2O. The van der Waals surface area contributed by atoms with Gasteiger partial charge in [0.05, 0.1) is 11.6 Å². The van der Waals surface area contributed by atoms with Crippen LogP contribution in [0.1, 0.15) is 11.7 Å². The smallest absolute Gasteiger partial charge is 0.153 e. The van der Waals surface area contributed by atoms with E-state index in [0.29, 0.717) is 11.3 Å². The first-order chi connectivity index (χ1) is 6.19. The highest BCUT2D eigenvalue weighted by Gasteiger charge is 2.11. The van der Waals surface area contributed by atoms with Gasteiger partial charge < -0.3 is 4.74 Å². The summed E-state index contributed by atoms with van der Waals surface area (Å²) in [6.07, 6.45) is -1.57. The lowest BCUT2D eigenvalue weighted by molar-refractivity contribution is 0.265. The Morgan fingerprint density at radius 1 is 1.54 bits per heavy atom. The molecule has 0 saturated heterocycles. The molecule has 0 radical (unpaired) electrons. The number of halogens is 3. The molecule has 1 unspecified atom stereocenters. The van der Waals surface area contributed by atoms with E-state index in [9.17, 15) is 8.78 Å². The Labute approximate surface area is 83.8 Å². The van der Waals surface area contributed by atoms with E-state index >= 15 is 0 Å². The van der Waals surface area contributed by atoms with Crippen LogP contribution in [0.15, 0.2) is 22.7 Å². The topological polar surface area (TPSA) is 9.23 Å². The van der Waals surface area contributed by atoms with Gasteiger partial charge in [0.2, 0.25) is 0 Å². The van der Waals surface area contributed by atoms with Crippen LogP contribution in [-0.4, -0.2) is 13.8 Å². The monoisotopic (exact) mass is 250 g/mol. The Balaban J connectivity index is 2.99. The SMILES string of the molecule is COc1cc(C(F)CF)ccc1Br. The van der Waals surface area contributed by atoms with E-state index in [1.54, 1.807) is 6.07 Å². The lowest BCUT2D eigenvalue weighted by atomic mass is 10.1. The molecule has 1 aromatic rings. The van der Waals surface area contributed by atoms with Crippen LogP contribution in [0, 0.1) is 0 Å². The molecule has 0 spiro atoms. The summed E-state index contributed by atoms with van der Waals surface area (Å²) in [6, 6.07) is 4.64. The molecule has 0 fully saturated rings. The summed E-state index contributed by atoms with van der Waals surface area (Å²) < 4.78 is 30.5. The van der Waals surface area contributed by atoms with Gasteiger partial charge in [-0.3, -0.25) is 0 Å². The summed E-state index contributed by atoms with van der Waals surface area (Å²) in [5.41, 5.74) is 0.294. The zero-order valence-electron chi connectivity index (χ0n) is 7.06. The fourth-order valence-electron chi connectivity index (χ4n) is 0.960. The van der Waals surface area contributed by atoms with Gasteiger partial charge in [-0.1, -0.05) is 6.07 Å². The van der Waals surface area contributed by atoms with Gasteiger partial charge in [-0.25, -0.2) is 8.78 Å². The molecule has 13 heavy (non-hydrogen) atoms. The van der Waals surface area contributed by atoms with Crippen LogP contribution in [-0.2, 0) is 0 Å². The maximum atomic E-state index is 12.9. The summed E-state index contributed by atoms with van der Waals surface area (Å²) in [6.45, 7) is -1.01. The van der Waals surface area contributed by atoms with E-state index in [4.69, 9.17) is 4.74 Å². The Hall–Kier alpha value is -0.640. The number of alkyl halides is 2. The fourth-order valence-corrected chi connectivity index (χ4v) is 1.37. The summed E-state index contributed by atoms with van der Waals surface area (Å²) in [5.74, 6) is 0.508. The van der Waals surface area contributed by atoms with Crippen molar-refractivity contribution < 1.29 is 13.5 Å². The minimum atomic E-state index is -1.57. The number of hydrogen-bond acceptors (Lipinski definition) is 1. The summed E-state index contributed by atoms with van der Waals surface area (Å²) >= 11 is 3.22. The first kappa shape index (κ1) is 10.4. The Morgan fingerprint density at radius 2 is 2.23 bits per heavy atom. The zero-order chi connectivity index (χ0) is 9.84. The van der Waals surface area contributed by atoms with Gasteiger partial charge in [-0.05, 0) is 33.6 Å². The molecule has 4 heteroatoms. The van der Waals surface area contributed by atoms with Crippen LogP contribution in [0.25, 0.3) is 0 Å². The van der Waals surface area contributed by atoms with Crippen molar-refractivity contribution in [2.75, 3.05) is 13.8 Å². The summed E-state index contributed by atoms with van der Waals surface area (Å²) in [5, 5.41) is 0. The quantitative estimate of drug-likeness (QED) is 0.799. The predicted molar refractivity (Wildman–Crippen MR) is 50.5 cm³/mol. The van der Waals surface area contributed by atoms with Crippen molar-refractivity contribution in [1.82, 2.24) is 0 Å². The second-order valence-corrected chi connectivity index (χ2v) is 3.37. The van der Waals surface area contributed by atoms with Crippen molar-refractivity contribution >= 4 is 15.9 Å². The molecule has 0 aliphatic heterocycles. The molecule has 1 aromatic carbocycles. The number of rotatable bonds is 3. The zero-order valence-corrected chi connectivity index (χ0v) is 8.64. The molecule has 0 saturated carbocycles. The van der Waals surface area contributed by atoms with Crippen molar-refractivity contribution in [3.8, 4) is 5.75 Å². The standard InChI is InChI=1S/C9H9BrF2O/c1-13-9-4-6(8(12)5-11)2-3-7(9)10/h2-4,8H,5H2,1H3. The molecular weight excluding hydrogens is 242 g/mol. The molecule has 0 amide bonds. The highest BCUT2D eigenvalue weighted by molar-refractivity contribution is 9.10. The van der Waals surface area contributed by atoms with Crippen molar-refractivity contribution in [2.24, 2.45) is 0 Å². The molecule has 0 heterocycles. The molecule has 0 N–H and O–H groups in total. The highest BCUT2D eigenvalue weighted by atomic mass is 79.9. The average Bonchev–Trinajstić information content (AvgIpc) is 2.17. The maximum absolute atomic E-state index is 12.9. The largest absolute Gasteiger partial charge is 0.496 e. The summed E-state index contributed by atoms with van der Waals surface area (Å²) in [7, 11) is 1.48. The van der Waals surface area contributed by atoms with Gasteiger partial charge in [-0.15, -0.1) is 0 Å². The normalized spacial score (nSPS) is 12.6. The van der Waals surface area contributed by atoms with Gasteiger partial charge >= 0.3 is 0 Å². The Kier molecular flexibility index (Phi) is 3.66. The fraction of sp³-hybridized carbons (Fsp3) is 0.333.